The second kappa shape index (κ2) is 5.39. The lowest BCUT2D eigenvalue weighted by molar-refractivity contribution is 0.432. The third-order valence-corrected chi connectivity index (χ3v) is 7.15. The molecule has 0 fully saturated rings. The number of rotatable bonds is 0. The molecule has 2 nitrogen and oxygen atoms in total. The van der Waals surface area contributed by atoms with Crippen molar-refractivity contribution in [1.29, 1.82) is 0 Å². The molecule has 28 heavy (non-hydrogen) atoms. The smallest absolute Gasteiger partial charge is 0.133 e. The van der Waals surface area contributed by atoms with Crippen LogP contribution >= 0.6 is 15.9 Å². The third-order valence-electron chi connectivity index (χ3n) is 6.55. The quantitative estimate of drug-likeness (QED) is 0.356. The van der Waals surface area contributed by atoms with E-state index in [-0.39, 0.29) is 11.2 Å². The summed E-state index contributed by atoms with van der Waals surface area (Å²) in [6, 6.07) is 22.7. The summed E-state index contributed by atoms with van der Waals surface area (Å²) < 4.78 is 0.697. The summed E-state index contributed by atoms with van der Waals surface area (Å²) in [5.74, 6) is 0.580. The fourth-order valence-corrected chi connectivity index (χ4v) is 5.90. The molecular formula is C25H17BrO2. The lowest BCUT2D eigenvalue weighted by Crippen LogP contribution is -2.34. The highest BCUT2D eigenvalue weighted by atomic mass is 79.9. The van der Waals surface area contributed by atoms with Crippen molar-refractivity contribution in [1.82, 2.24) is 0 Å². The minimum absolute atomic E-state index is 0.278. The predicted octanol–water partition coefficient (Wildman–Crippen LogP) is 6.08. The number of halogens is 1. The third kappa shape index (κ3) is 1.87. The average Bonchev–Trinajstić information content (AvgIpc) is 2.99. The van der Waals surface area contributed by atoms with Crippen LogP contribution in [0, 0.1) is 0 Å². The fourth-order valence-electron chi connectivity index (χ4n) is 5.41. The molecule has 4 aromatic rings. The van der Waals surface area contributed by atoms with Crippen molar-refractivity contribution in [2.24, 2.45) is 0 Å². The molecule has 136 valence electrons. The predicted molar refractivity (Wildman–Crippen MR) is 115 cm³/mol. The van der Waals surface area contributed by atoms with E-state index < -0.39 is 0 Å². The molecule has 0 amide bonds. The van der Waals surface area contributed by atoms with Crippen LogP contribution in [0.15, 0.2) is 71.2 Å². The minimum atomic E-state index is -0.287. The number of hydrogen-bond acceptors (Lipinski definition) is 2. The molecule has 3 heteroatoms. The molecule has 4 aromatic carbocycles. The monoisotopic (exact) mass is 428 g/mol. The molecule has 6 rings (SSSR count). The van der Waals surface area contributed by atoms with Gasteiger partial charge in [-0.3, -0.25) is 0 Å². The first-order chi connectivity index (χ1) is 13.6. The van der Waals surface area contributed by atoms with Crippen molar-refractivity contribution in [3.8, 4) is 22.6 Å². The topological polar surface area (TPSA) is 40.5 Å². The normalized spacial score (nSPS) is 15.6. The van der Waals surface area contributed by atoms with Crippen LogP contribution in [0.25, 0.3) is 21.9 Å². The van der Waals surface area contributed by atoms with Crippen LogP contribution in [0.4, 0.5) is 0 Å². The van der Waals surface area contributed by atoms with Gasteiger partial charge in [-0.1, -0.05) is 54.6 Å². The zero-order chi connectivity index (χ0) is 19.0. The van der Waals surface area contributed by atoms with E-state index in [0.717, 1.165) is 28.3 Å². The maximum absolute atomic E-state index is 11.0. The Kier molecular flexibility index (Phi) is 3.12. The zero-order valence-electron chi connectivity index (χ0n) is 15.0. The Morgan fingerprint density at radius 2 is 1.36 bits per heavy atom. The number of hydrogen-bond donors (Lipinski definition) is 2. The van der Waals surface area contributed by atoms with E-state index in [4.69, 9.17) is 0 Å². The van der Waals surface area contributed by atoms with E-state index in [1.165, 1.54) is 22.3 Å². The summed E-state index contributed by atoms with van der Waals surface area (Å²) in [6.45, 7) is 0. The SMILES string of the molecule is Oc1ccc2cc(Br)c(O)c3c2c1CC1(C3)c2ccccc2-c2ccccc21. The molecule has 1 spiro atoms. The summed E-state index contributed by atoms with van der Waals surface area (Å²) in [4.78, 5) is 0. The molecule has 0 saturated heterocycles. The molecule has 0 heterocycles. The minimum Gasteiger partial charge on any atom is -0.508 e. The first-order valence-corrected chi connectivity index (χ1v) is 10.2. The molecule has 0 saturated carbocycles. The van der Waals surface area contributed by atoms with Gasteiger partial charge >= 0.3 is 0 Å². The standard InChI is InChI=1S/C25H17BrO2/c26-21-11-14-9-10-22(27)17-12-25(13-18(23(14)17)24(21)28)19-7-3-1-5-15(19)16-6-2-4-8-20(16)25/h1-11,27-28H,12-13H2. The van der Waals surface area contributed by atoms with Crippen LogP contribution in [0.3, 0.4) is 0 Å². The van der Waals surface area contributed by atoms with Crippen molar-refractivity contribution in [3.05, 3.63) is 93.5 Å². The second-order valence-corrected chi connectivity index (χ2v) is 8.73. The average molecular weight is 429 g/mol. The summed E-state index contributed by atoms with van der Waals surface area (Å²) >= 11 is 3.52. The number of phenols is 2. The van der Waals surface area contributed by atoms with Crippen molar-refractivity contribution in [2.75, 3.05) is 0 Å². The molecule has 0 atom stereocenters. The largest absolute Gasteiger partial charge is 0.508 e. The first-order valence-electron chi connectivity index (χ1n) is 9.44. The fraction of sp³-hybridized carbons (Fsp3) is 0.120. The van der Waals surface area contributed by atoms with E-state index in [1.54, 1.807) is 6.07 Å². The lowest BCUT2D eigenvalue weighted by Gasteiger charge is -2.38. The highest BCUT2D eigenvalue weighted by Gasteiger charge is 2.46. The maximum Gasteiger partial charge on any atom is 0.133 e. The van der Waals surface area contributed by atoms with Crippen molar-refractivity contribution in [2.45, 2.75) is 18.3 Å². The molecule has 0 aliphatic heterocycles. The number of phenolic OH excluding ortho intramolecular Hbond substituents is 2. The Balaban J connectivity index is 1.74. The highest BCUT2D eigenvalue weighted by Crippen LogP contribution is 2.57. The molecule has 0 bridgehead atoms. The highest BCUT2D eigenvalue weighted by molar-refractivity contribution is 9.10. The van der Waals surface area contributed by atoms with Gasteiger partial charge in [0, 0.05) is 16.5 Å². The van der Waals surface area contributed by atoms with E-state index in [9.17, 15) is 10.2 Å². The van der Waals surface area contributed by atoms with Crippen molar-refractivity contribution >= 4 is 26.7 Å². The maximum atomic E-state index is 11.0. The van der Waals surface area contributed by atoms with Gasteiger partial charge in [0.15, 0.2) is 0 Å². The Labute approximate surface area is 171 Å². The Bertz CT molecular complexity index is 1260. The van der Waals surface area contributed by atoms with Crippen molar-refractivity contribution < 1.29 is 10.2 Å². The number of benzene rings is 4. The lowest BCUT2D eigenvalue weighted by atomic mass is 9.65. The van der Waals surface area contributed by atoms with E-state index in [0.29, 0.717) is 16.6 Å². The zero-order valence-corrected chi connectivity index (χ0v) is 16.6. The molecule has 2 N–H and O–H groups in total. The van der Waals surface area contributed by atoms with Gasteiger partial charge in [-0.15, -0.1) is 0 Å². The van der Waals surface area contributed by atoms with E-state index >= 15 is 0 Å². The molecular weight excluding hydrogens is 412 g/mol. The van der Waals surface area contributed by atoms with Crippen LogP contribution < -0.4 is 0 Å². The van der Waals surface area contributed by atoms with Crippen LogP contribution in [-0.4, -0.2) is 10.2 Å². The van der Waals surface area contributed by atoms with E-state index in [1.807, 2.05) is 12.1 Å². The molecule has 2 aliphatic carbocycles. The molecule has 0 aromatic heterocycles. The van der Waals surface area contributed by atoms with Gasteiger partial charge in [0.25, 0.3) is 0 Å². The summed E-state index contributed by atoms with van der Waals surface area (Å²) in [5, 5.41) is 23.8. The summed E-state index contributed by atoms with van der Waals surface area (Å²) in [7, 11) is 0. The summed E-state index contributed by atoms with van der Waals surface area (Å²) in [5.41, 5.74) is 6.60. The van der Waals surface area contributed by atoms with Gasteiger partial charge in [0.1, 0.15) is 11.5 Å². The summed E-state index contributed by atoms with van der Waals surface area (Å²) in [6.07, 6.45) is 1.43. The van der Waals surface area contributed by atoms with Gasteiger partial charge in [0.2, 0.25) is 0 Å². The van der Waals surface area contributed by atoms with Gasteiger partial charge in [-0.25, -0.2) is 0 Å². The Morgan fingerprint density at radius 3 is 2.04 bits per heavy atom. The molecule has 2 aliphatic rings. The van der Waals surface area contributed by atoms with Gasteiger partial charge < -0.3 is 10.2 Å². The Hall–Kier alpha value is -2.78. The number of fused-ring (bicyclic) bond motifs is 5. The second-order valence-electron chi connectivity index (χ2n) is 7.87. The van der Waals surface area contributed by atoms with Crippen LogP contribution in [-0.2, 0) is 18.3 Å². The van der Waals surface area contributed by atoms with Gasteiger partial charge in [0.05, 0.1) is 4.47 Å². The van der Waals surface area contributed by atoms with Crippen LogP contribution in [0.5, 0.6) is 11.5 Å². The number of aromatic hydroxyl groups is 2. The first kappa shape index (κ1) is 16.2. The van der Waals surface area contributed by atoms with Crippen molar-refractivity contribution in [3.63, 3.8) is 0 Å². The van der Waals surface area contributed by atoms with Gasteiger partial charge in [-0.2, -0.15) is 0 Å². The van der Waals surface area contributed by atoms with Crippen LogP contribution in [0.2, 0.25) is 0 Å². The molecule has 0 unspecified atom stereocenters. The van der Waals surface area contributed by atoms with E-state index in [2.05, 4.69) is 64.5 Å². The molecule has 0 radical (unpaired) electrons. The van der Waals surface area contributed by atoms with Gasteiger partial charge in [-0.05, 0) is 73.9 Å². The van der Waals surface area contributed by atoms with Crippen LogP contribution in [0.1, 0.15) is 22.3 Å². The Morgan fingerprint density at radius 1 is 0.750 bits per heavy atom.